The molecule has 0 amide bonds. The highest BCUT2D eigenvalue weighted by atomic mass is 35.5. The van der Waals surface area contributed by atoms with Gasteiger partial charge in [0.05, 0.1) is 24.0 Å². The van der Waals surface area contributed by atoms with Crippen LogP contribution in [0.25, 0.3) is 0 Å². The van der Waals surface area contributed by atoms with Crippen LogP contribution in [0, 0.1) is 0 Å². The lowest BCUT2D eigenvalue weighted by Gasteiger charge is -2.43. The maximum Gasteiger partial charge on any atom is 0.394 e. The molecule has 2 aromatic heterocycles. The van der Waals surface area contributed by atoms with E-state index in [9.17, 15) is 18.0 Å². The summed E-state index contributed by atoms with van der Waals surface area (Å²) in [6.07, 6.45) is -2.45. The first-order chi connectivity index (χ1) is 13.2. The summed E-state index contributed by atoms with van der Waals surface area (Å²) in [6.45, 7) is 5.65. The van der Waals surface area contributed by atoms with E-state index in [0.717, 1.165) is 0 Å². The van der Waals surface area contributed by atoms with E-state index in [1.165, 1.54) is 12.4 Å². The van der Waals surface area contributed by atoms with Gasteiger partial charge in [-0.05, 0) is 25.5 Å². The van der Waals surface area contributed by atoms with Crippen LogP contribution in [-0.2, 0) is 6.42 Å². The minimum absolute atomic E-state index is 0.0000348. The average Bonchev–Trinajstić information content (AvgIpc) is 2.63. The summed E-state index contributed by atoms with van der Waals surface area (Å²) in [5.74, 6) is 0. The molecule has 0 aromatic carbocycles. The van der Waals surface area contributed by atoms with Gasteiger partial charge in [-0.25, -0.2) is 5.10 Å². The Morgan fingerprint density at radius 1 is 1.39 bits per heavy atom. The number of nitrogens with zero attached hydrogens (tertiary/aromatic N) is 4. The molecule has 1 unspecified atom stereocenters. The molecule has 1 N–H and O–H groups in total. The molecule has 2 atom stereocenters. The predicted molar refractivity (Wildman–Crippen MR) is 101 cm³/mol. The monoisotopic (exact) mass is 415 g/mol. The quantitative estimate of drug-likeness (QED) is 0.830. The summed E-state index contributed by atoms with van der Waals surface area (Å²) in [4.78, 5) is 19.8. The summed E-state index contributed by atoms with van der Waals surface area (Å²) in [7, 11) is 0. The Hall–Kier alpha value is -2.13. The second-order valence-electron chi connectivity index (χ2n) is 6.94. The number of H-pyrrole nitrogens is 1. The van der Waals surface area contributed by atoms with Crippen molar-refractivity contribution in [2.75, 3.05) is 24.5 Å². The number of pyridine rings is 1. The molecular formula is C18H21ClF3N5O. The molecule has 1 aliphatic heterocycles. The third-order valence-electron chi connectivity index (χ3n) is 5.04. The number of hydrogen-bond acceptors (Lipinski definition) is 5. The summed E-state index contributed by atoms with van der Waals surface area (Å²) >= 11 is 6.12. The number of piperazine rings is 1. The zero-order chi connectivity index (χ0) is 20.5. The van der Waals surface area contributed by atoms with Crippen LogP contribution in [0.5, 0.6) is 0 Å². The van der Waals surface area contributed by atoms with Gasteiger partial charge in [-0.1, -0.05) is 17.7 Å². The number of hydrogen-bond donors (Lipinski definition) is 1. The smallest absolute Gasteiger partial charge is 0.364 e. The maximum absolute atomic E-state index is 12.9. The summed E-state index contributed by atoms with van der Waals surface area (Å²) < 4.78 is 38.7. The molecule has 0 saturated carbocycles. The van der Waals surface area contributed by atoms with Crippen molar-refractivity contribution in [2.45, 2.75) is 38.5 Å². The third-order valence-corrected chi connectivity index (χ3v) is 5.40. The lowest BCUT2D eigenvalue weighted by Crippen LogP contribution is -2.53. The topological polar surface area (TPSA) is 65.1 Å². The van der Waals surface area contributed by atoms with Crippen LogP contribution in [0.4, 0.5) is 18.9 Å². The Balaban J connectivity index is 1.77. The van der Waals surface area contributed by atoms with Crippen molar-refractivity contribution < 1.29 is 13.2 Å². The first-order valence-electron chi connectivity index (χ1n) is 8.92. The number of rotatable bonds is 4. The fourth-order valence-electron chi connectivity index (χ4n) is 3.63. The van der Waals surface area contributed by atoms with Gasteiger partial charge in [-0.2, -0.15) is 18.3 Å². The number of halogens is 4. The van der Waals surface area contributed by atoms with Gasteiger partial charge in [0, 0.05) is 37.9 Å². The largest absolute Gasteiger partial charge is 0.394 e. The number of aromatic amines is 1. The molecular weight excluding hydrogens is 395 g/mol. The van der Waals surface area contributed by atoms with E-state index >= 15 is 0 Å². The van der Waals surface area contributed by atoms with Gasteiger partial charge in [0.25, 0.3) is 5.56 Å². The highest BCUT2D eigenvalue weighted by molar-refractivity contribution is 6.33. The molecule has 1 aliphatic rings. The van der Waals surface area contributed by atoms with E-state index < -0.39 is 18.2 Å². The van der Waals surface area contributed by atoms with Crippen molar-refractivity contribution in [2.24, 2.45) is 0 Å². The van der Waals surface area contributed by atoms with E-state index in [1.54, 1.807) is 12.1 Å². The Kier molecular flexibility index (Phi) is 5.95. The van der Waals surface area contributed by atoms with E-state index in [1.807, 2.05) is 18.7 Å². The molecule has 3 rings (SSSR count). The first-order valence-corrected chi connectivity index (χ1v) is 9.29. The fourth-order valence-corrected chi connectivity index (χ4v) is 3.83. The Morgan fingerprint density at radius 3 is 2.82 bits per heavy atom. The van der Waals surface area contributed by atoms with Gasteiger partial charge in [0.2, 0.25) is 0 Å². The summed E-state index contributed by atoms with van der Waals surface area (Å²) in [6, 6.07) is 3.14. The first kappa shape index (κ1) is 20.6. The van der Waals surface area contributed by atoms with E-state index in [-0.39, 0.29) is 22.8 Å². The van der Waals surface area contributed by atoms with Gasteiger partial charge >= 0.3 is 6.18 Å². The summed E-state index contributed by atoms with van der Waals surface area (Å²) in [5, 5.41) is 6.19. The average molecular weight is 416 g/mol. The molecule has 10 heteroatoms. The lowest BCUT2D eigenvalue weighted by molar-refractivity contribution is -0.128. The van der Waals surface area contributed by atoms with E-state index in [4.69, 9.17) is 11.6 Å². The molecule has 1 saturated heterocycles. The Labute approximate surface area is 165 Å². The van der Waals surface area contributed by atoms with Gasteiger partial charge in [-0.15, -0.1) is 0 Å². The highest BCUT2D eigenvalue weighted by Gasteiger charge is 2.33. The number of anilines is 1. The zero-order valence-corrected chi connectivity index (χ0v) is 16.3. The van der Waals surface area contributed by atoms with Gasteiger partial charge in [-0.3, -0.25) is 14.7 Å². The molecule has 0 aliphatic carbocycles. The Bertz CT molecular complexity index is 888. The van der Waals surface area contributed by atoms with Crippen LogP contribution in [-0.4, -0.2) is 51.9 Å². The van der Waals surface area contributed by atoms with Crippen molar-refractivity contribution in [1.82, 2.24) is 20.1 Å². The van der Waals surface area contributed by atoms with Crippen LogP contribution in [0.15, 0.2) is 29.3 Å². The standard InChI is InChI=1S/C18H21ClF3N5O/c1-11-10-26(6-7-27(11)15-9-24-25-17(28)16(15)19)12(2)13-4-3-5-23-14(13)8-18(20,21)22/h3-5,9,11-12H,6-8,10H2,1-2H3,(H,25,28)/t11-,12?/m1/s1. The van der Waals surface area contributed by atoms with E-state index in [2.05, 4.69) is 20.1 Å². The molecule has 6 nitrogen and oxygen atoms in total. The molecule has 0 bridgehead atoms. The molecule has 0 radical (unpaired) electrons. The van der Waals surface area contributed by atoms with Crippen molar-refractivity contribution in [3.05, 3.63) is 51.2 Å². The SMILES string of the molecule is CC(c1cccnc1CC(F)(F)F)N1CCN(c2cn[nH]c(=O)c2Cl)[C@H](C)C1. The van der Waals surface area contributed by atoms with Crippen LogP contribution < -0.4 is 10.5 Å². The van der Waals surface area contributed by atoms with Gasteiger partial charge in [0.15, 0.2) is 0 Å². The minimum Gasteiger partial charge on any atom is -0.364 e. The van der Waals surface area contributed by atoms with Crippen LogP contribution >= 0.6 is 11.6 Å². The second-order valence-corrected chi connectivity index (χ2v) is 7.32. The van der Waals surface area contributed by atoms with E-state index in [0.29, 0.717) is 30.9 Å². The minimum atomic E-state index is -4.31. The second kappa shape index (κ2) is 8.08. The molecule has 28 heavy (non-hydrogen) atoms. The zero-order valence-electron chi connectivity index (χ0n) is 15.5. The normalized spacial score (nSPS) is 19.6. The van der Waals surface area contributed by atoms with Crippen molar-refractivity contribution >= 4 is 17.3 Å². The van der Waals surface area contributed by atoms with Gasteiger partial charge in [0.1, 0.15) is 5.02 Å². The molecule has 0 spiro atoms. The van der Waals surface area contributed by atoms with Crippen LogP contribution in [0.3, 0.4) is 0 Å². The van der Waals surface area contributed by atoms with Crippen LogP contribution in [0.1, 0.15) is 31.1 Å². The molecule has 1 fully saturated rings. The van der Waals surface area contributed by atoms with Crippen molar-refractivity contribution in [1.29, 1.82) is 0 Å². The highest BCUT2D eigenvalue weighted by Crippen LogP contribution is 2.31. The maximum atomic E-state index is 12.9. The number of aromatic nitrogens is 3. The van der Waals surface area contributed by atoms with Gasteiger partial charge < -0.3 is 4.90 Å². The van der Waals surface area contributed by atoms with Crippen LogP contribution in [0.2, 0.25) is 5.02 Å². The number of nitrogens with one attached hydrogen (secondary N) is 1. The predicted octanol–water partition coefficient (Wildman–Crippen LogP) is 3.19. The fraction of sp³-hybridized carbons (Fsp3) is 0.500. The lowest BCUT2D eigenvalue weighted by atomic mass is 10.0. The summed E-state index contributed by atoms with van der Waals surface area (Å²) in [5.41, 5.74) is 0.745. The number of alkyl halides is 3. The molecule has 152 valence electrons. The van der Waals surface area contributed by atoms with Crippen molar-refractivity contribution in [3.63, 3.8) is 0 Å². The molecule has 2 aromatic rings. The Morgan fingerprint density at radius 2 is 2.14 bits per heavy atom. The third kappa shape index (κ3) is 4.47. The molecule has 3 heterocycles. The van der Waals surface area contributed by atoms with Crippen molar-refractivity contribution in [3.8, 4) is 0 Å².